The highest BCUT2D eigenvalue weighted by Gasteiger charge is 2.34. The van der Waals surface area contributed by atoms with Crippen molar-refractivity contribution in [3.8, 4) is 11.5 Å². The van der Waals surface area contributed by atoms with E-state index in [1.165, 1.54) is 22.8 Å². The largest absolute Gasteiger partial charge is 0.459 e. The van der Waals surface area contributed by atoms with Crippen molar-refractivity contribution < 1.29 is 23.9 Å². The third kappa shape index (κ3) is 4.61. The number of nitrogens with zero attached hydrogens (tertiary/aromatic N) is 3. The molecule has 10 nitrogen and oxygen atoms in total. The highest BCUT2D eigenvalue weighted by molar-refractivity contribution is 7.98. The summed E-state index contributed by atoms with van der Waals surface area (Å²) >= 11 is 2.67. The van der Waals surface area contributed by atoms with Gasteiger partial charge in [0.25, 0.3) is 11.2 Å². The molecule has 0 amide bonds. The van der Waals surface area contributed by atoms with Gasteiger partial charge in [-0.2, -0.15) is 0 Å². The van der Waals surface area contributed by atoms with E-state index in [0.717, 1.165) is 21.8 Å². The number of ether oxygens (including phenoxy) is 3. The van der Waals surface area contributed by atoms with Gasteiger partial charge >= 0.3 is 5.97 Å². The number of thiazole rings is 1. The molecule has 0 bridgehead atoms. The molecule has 1 aromatic heterocycles. The number of hydrogen-bond donors (Lipinski definition) is 0. The summed E-state index contributed by atoms with van der Waals surface area (Å²) in [6.45, 7) is 5.18. The minimum absolute atomic E-state index is 0.0397. The predicted molar refractivity (Wildman–Crippen MR) is 142 cm³/mol. The van der Waals surface area contributed by atoms with E-state index in [2.05, 4.69) is 4.99 Å². The molecular weight excluding hydrogens is 530 g/mol. The van der Waals surface area contributed by atoms with Gasteiger partial charge in [0.1, 0.15) is 0 Å². The maximum absolute atomic E-state index is 13.8. The molecule has 38 heavy (non-hydrogen) atoms. The van der Waals surface area contributed by atoms with Gasteiger partial charge in [0.15, 0.2) is 16.3 Å². The molecule has 0 saturated carbocycles. The lowest BCUT2D eigenvalue weighted by Gasteiger charge is -2.25. The average molecular weight is 554 g/mol. The van der Waals surface area contributed by atoms with Gasteiger partial charge in [-0.25, -0.2) is 9.79 Å². The normalized spacial score (nSPS) is 16.4. The highest BCUT2D eigenvalue weighted by Crippen LogP contribution is 2.38. The van der Waals surface area contributed by atoms with Gasteiger partial charge in [-0.1, -0.05) is 23.5 Å². The summed E-state index contributed by atoms with van der Waals surface area (Å²) in [5.41, 5.74) is 0.971. The Morgan fingerprint density at radius 3 is 2.58 bits per heavy atom. The Kier molecular flexibility index (Phi) is 6.84. The fraction of sp³-hybridized carbons (Fsp3) is 0.269. The second kappa shape index (κ2) is 10.1. The minimum atomic E-state index is -0.776. The molecule has 5 rings (SSSR count). The van der Waals surface area contributed by atoms with Gasteiger partial charge in [-0.05, 0) is 56.9 Å². The zero-order valence-electron chi connectivity index (χ0n) is 20.9. The van der Waals surface area contributed by atoms with E-state index in [9.17, 15) is 19.7 Å². The minimum Gasteiger partial charge on any atom is -0.459 e. The van der Waals surface area contributed by atoms with Crippen LogP contribution in [-0.4, -0.2) is 34.6 Å². The van der Waals surface area contributed by atoms with Crippen LogP contribution >= 0.6 is 23.1 Å². The first-order chi connectivity index (χ1) is 18.2. The fourth-order valence-electron chi connectivity index (χ4n) is 4.32. The summed E-state index contributed by atoms with van der Waals surface area (Å²) in [4.78, 5) is 44.2. The first-order valence-electron chi connectivity index (χ1n) is 11.6. The lowest BCUT2D eigenvalue weighted by atomic mass is 9.96. The van der Waals surface area contributed by atoms with Crippen LogP contribution < -0.4 is 24.4 Å². The number of benzene rings is 2. The first-order valence-corrected chi connectivity index (χ1v) is 13.7. The summed E-state index contributed by atoms with van der Waals surface area (Å²) in [5, 5.41) is 11.8. The molecule has 0 fully saturated rings. The molecular formula is C26H23N3O7S2. The number of hydrogen-bond acceptors (Lipinski definition) is 10. The van der Waals surface area contributed by atoms with Crippen LogP contribution in [0.3, 0.4) is 0 Å². The number of aromatic nitrogens is 1. The number of carbonyl (C=O) groups excluding carboxylic acids is 1. The van der Waals surface area contributed by atoms with Crippen LogP contribution in [0, 0.1) is 10.1 Å². The van der Waals surface area contributed by atoms with Crippen molar-refractivity contribution in [2.24, 2.45) is 4.99 Å². The van der Waals surface area contributed by atoms with Crippen molar-refractivity contribution >= 4 is 40.8 Å². The van der Waals surface area contributed by atoms with E-state index in [0.29, 0.717) is 16.2 Å². The molecule has 0 radical (unpaired) electrons. The second-order valence-corrected chi connectivity index (χ2v) is 10.7. The smallest absolute Gasteiger partial charge is 0.338 e. The number of esters is 1. The van der Waals surface area contributed by atoms with Crippen LogP contribution in [0.4, 0.5) is 5.69 Å². The van der Waals surface area contributed by atoms with Crippen molar-refractivity contribution in [2.75, 3.05) is 13.0 Å². The standard InChI is InChI=1S/C26H23N3O7S2/c1-13(2)36-25(31)22-14(3)27-26-28(23(22)15-5-7-17(37-4)8-6-15)24(30)21(38-26)10-16-9-19-20(35-12-34-19)11-18(16)29(32)33/h5-11,13,23H,12H2,1-4H3/b21-10-/t23-/m0/s1. The number of nitro groups is 1. The number of thioether (sulfide) groups is 1. The van der Waals surface area contributed by atoms with Crippen LogP contribution in [0.25, 0.3) is 6.08 Å². The van der Waals surface area contributed by atoms with Crippen LogP contribution in [0.15, 0.2) is 62.4 Å². The Morgan fingerprint density at radius 1 is 1.26 bits per heavy atom. The molecule has 0 unspecified atom stereocenters. The zero-order chi connectivity index (χ0) is 27.1. The van der Waals surface area contributed by atoms with Crippen LogP contribution in [0.2, 0.25) is 0 Å². The second-order valence-electron chi connectivity index (χ2n) is 8.83. The van der Waals surface area contributed by atoms with Crippen molar-refractivity contribution in [1.29, 1.82) is 0 Å². The molecule has 2 aliphatic rings. The maximum Gasteiger partial charge on any atom is 0.338 e. The quantitative estimate of drug-likeness (QED) is 0.197. The van der Waals surface area contributed by atoms with Crippen LogP contribution in [0.1, 0.15) is 37.9 Å². The Balaban J connectivity index is 1.72. The van der Waals surface area contributed by atoms with E-state index in [1.54, 1.807) is 32.5 Å². The van der Waals surface area contributed by atoms with Gasteiger partial charge in [-0.3, -0.25) is 19.5 Å². The van der Waals surface area contributed by atoms with Gasteiger partial charge in [0, 0.05) is 4.90 Å². The van der Waals surface area contributed by atoms with Crippen molar-refractivity contribution in [3.63, 3.8) is 0 Å². The van der Waals surface area contributed by atoms with Gasteiger partial charge in [-0.15, -0.1) is 11.8 Å². The first kappa shape index (κ1) is 25.7. The number of allylic oxidation sites excluding steroid dienone is 1. The molecule has 3 heterocycles. The third-order valence-electron chi connectivity index (χ3n) is 6.02. The Morgan fingerprint density at radius 2 is 1.95 bits per heavy atom. The molecule has 12 heteroatoms. The lowest BCUT2D eigenvalue weighted by Crippen LogP contribution is -2.40. The summed E-state index contributed by atoms with van der Waals surface area (Å²) in [7, 11) is 0. The topological polar surface area (TPSA) is 122 Å². The molecule has 0 N–H and O–H groups in total. The summed E-state index contributed by atoms with van der Waals surface area (Å²) in [6.07, 6.45) is 3.05. The van der Waals surface area contributed by atoms with Gasteiger partial charge in [0.2, 0.25) is 6.79 Å². The van der Waals surface area contributed by atoms with E-state index in [1.807, 2.05) is 30.5 Å². The zero-order valence-corrected chi connectivity index (χ0v) is 22.6. The van der Waals surface area contributed by atoms with Gasteiger partial charge in [0.05, 0.1) is 44.5 Å². The Hall–Kier alpha value is -3.90. The SMILES string of the molecule is CSc1ccc([C@H]2C(C(=O)OC(C)C)=C(C)N=c3s/c(=C\c4cc5c(cc4[N+](=O)[O-])OCO5)c(=O)n32)cc1. The monoisotopic (exact) mass is 553 g/mol. The molecule has 0 saturated heterocycles. The van der Waals surface area contributed by atoms with Crippen LogP contribution in [0.5, 0.6) is 11.5 Å². The number of carbonyl (C=O) groups is 1. The predicted octanol–water partition coefficient (Wildman–Crippen LogP) is 3.55. The maximum atomic E-state index is 13.8. The highest BCUT2D eigenvalue weighted by atomic mass is 32.2. The summed E-state index contributed by atoms with van der Waals surface area (Å²) < 4.78 is 17.8. The van der Waals surface area contributed by atoms with Gasteiger partial charge < -0.3 is 14.2 Å². The molecule has 0 spiro atoms. The van der Waals surface area contributed by atoms with E-state index in [-0.39, 0.29) is 40.0 Å². The fourth-order valence-corrected chi connectivity index (χ4v) is 5.77. The molecule has 0 aliphatic carbocycles. The lowest BCUT2D eigenvalue weighted by molar-refractivity contribution is -0.385. The molecule has 2 aliphatic heterocycles. The average Bonchev–Trinajstić information content (AvgIpc) is 3.45. The Bertz CT molecular complexity index is 1670. The third-order valence-corrected chi connectivity index (χ3v) is 7.75. The number of rotatable bonds is 6. The van der Waals surface area contributed by atoms with E-state index >= 15 is 0 Å². The Labute approximate surface area is 225 Å². The van der Waals surface area contributed by atoms with Crippen molar-refractivity contribution in [3.05, 3.63) is 88.6 Å². The van der Waals surface area contributed by atoms with Crippen LogP contribution in [-0.2, 0) is 9.53 Å². The molecule has 2 aromatic carbocycles. The van der Waals surface area contributed by atoms with E-state index < -0.39 is 22.5 Å². The van der Waals surface area contributed by atoms with Crippen molar-refractivity contribution in [2.45, 2.75) is 37.8 Å². The molecule has 1 atom stereocenters. The van der Waals surface area contributed by atoms with E-state index in [4.69, 9.17) is 14.2 Å². The number of fused-ring (bicyclic) bond motifs is 2. The summed E-state index contributed by atoms with van der Waals surface area (Å²) in [5.74, 6) is 0.0739. The molecule has 196 valence electrons. The number of nitro benzene ring substituents is 1. The molecule has 3 aromatic rings. The summed E-state index contributed by atoms with van der Waals surface area (Å²) in [6, 6.07) is 9.58. The van der Waals surface area contributed by atoms with Crippen molar-refractivity contribution in [1.82, 2.24) is 4.57 Å².